The SMILES string of the molecule is Fc1ccc(COc2ccc(Cl)c3ccccc23)cc1Br. The minimum absolute atomic E-state index is 0.282. The van der Waals surface area contributed by atoms with Crippen molar-refractivity contribution >= 4 is 38.3 Å². The number of hydrogen-bond acceptors (Lipinski definition) is 1. The molecule has 0 bridgehead atoms. The van der Waals surface area contributed by atoms with Crippen LogP contribution in [0, 0.1) is 5.82 Å². The van der Waals surface area contributed by atoms with Crippen molar-refractivity contribution in [1.82, 2.24) is 0 Å². The van der Waals surface area contributed by atoms with Crippen LogP contribution in [0.1, 0.15) is 5.56 Å². The van der Waals surface area contributed by atoms with Gasteiger partial charge in [0.05, 0.1) is 4.47 Å². The van der Waals surface area contributed by atoms with Crippen molar-refractivity contribution in [2.75, 3.05) is 0 Å². The zero-order valence-electron chi connectivity index (χ0n) is 10.9. The highest BCUT2D eigenvalue weighted by Crippen LogP contribution is 2.31. The van der Waals surface area contributed by atoms with E-state index in [4.69, 9.17) is 16.3 Å². The summed E-state index contributed by atoms with van der Waals surface area (Å²) in [5, 5.41) is 2.62. The molecule has 0 aliphatic heterocycles. The Morgan fingerprint density at radius 3 is 2.52 bits per heavy atom. The maximum atomic E-state index is 13.2. The lowest BCUT2D eigenvalue weighted by Crippen LogP contribution is -1.96. The second-order valence-electron chi connectivity index (χ2n) is 4.63. The first-order chi connectivity index (χ1) is 10.1. The summed E-state index contributed by atoms with van der Waals surface area (Å²) in [5.74, 6) is 0.478. The summed E-state index contributed by atoms with van der Waals surface area (Å²) in [7, 11) is 0. The van der Waals surface area contributed by atoms with E-state index in [1.165, 1.54) is 6.07 Å². The Bertz CT molecular complexity index is 804. The zero-order valence-corrected chi connectivity index (χ0v) is 13.3. The maximum Gasteiger partial charge on any atom is 0.137 e. The standard InChI is InChI=1S/C17H11BrClFO/c18-14-9-11(5-7-16(14)20)10-21-17-8-6-15(19)12-3-1-2-4-13(12)17/h1-9H,10H2. The molecule has 0 heterocycles. The van der Waals surface area contributed by atoms with E-state index in [-0.39, 0.29) is 5.82 Å². The van der Waals surface area contributed by atoms with Gasteiger partial charge in [-0.25, -0.2) is 4.39 Å². The van der Waals surface area contributed by atoms with Crippen LogP contribution in [0.2, 0.25) is 5.02 Å². The van der Waals surface area contributed by atoms with Crippen LogP contribution in [-0.2, 0) is 6.61 Å². The highest BCUT2D eigenvalue weighted by Gasteiger charge is 2.06. The number of halogens is 3. The van der Waals surface area contributed by atoms with Crippen LogP contribution in [0.15, 0.2) is 59.1 Å². The Morgan fingerprint density at radius 1 is 1.00 bits per heavy atom. The second-order valence-corrected chi connectivity index (χ2v) is 5.89. The number of ether oxygens (including phenoxy) is 1. The van der Waals surface area contributed by atoms with Gasteiger partial charge in [-0.05, 0) is 45.8 Å². The van der Waals surface area contributed by atoms with E-state index in [1.54, 1.807) is 12.1 Å². The summed E-state index contributed by atoms with van der Waals surface area (Å²) < 4.78 is 19.5. The molecule has 0 spiro atoms. The minimum Gasteiger partial charge on any atom is -0.488 e. The van der Waals surface area contributed by atoms with Crippen molar-refractivity contribution in [2.45, 2.75) is 6.61 Å². The first kappa shape index (κ1) is 14.4. The summed E-state index contributed by atoms with van der Waals surface area (Å²) >= 11 is 9.35. The smallest absolute Gasteiger partial charge is 0.137 e. The summed E-state index contributed by atoms with van der Waals surface area (Å²) in [6, 6.07) is 16.3. The first-order valence-electron chi connectivity index (χ1n) is 6.39. The highest BCUT2D eigenvalue weighted by molar-refractivity contribution is 9.10. The molecule has 4 heteroatoms. The van der Waals surface area contributed by atoms with Gasteiger partial charge in [0.25, 0.3) is 0 Å². The monoisotopic (exact) mass is 364 g/mol. The second kappa shape index (κ2) is 6.04. The largest absolute Gasteiger partial charge is 0.488 e. The molecule has 3 aromatic carbocycles. The number of rotatable bonds is 3. The Kier molecular flexibility index (Phi) is 4.13. The quantitative estimate of drug-likeness (QED) is 0.555. The molecule has 3 rings (SSSR count). The average molecular weight is 366 g/mol. The maximum absolute atomic E-state index is 13.2. The molecule has 0 aromatic heterocycles. The van der Waals surface area contributed by atoms with Gasteiger partial charge in [0, 0.05) is 15.8 Å². The van der Waals surface area contributed by atoms with Crippen molar-refractivity contribution in [3.63, 3.8) is 0 Å². The van der Waals surface area contributed by atoms with Gasteiger partial charge in [0.2, 0.25) is 0 Å². The van der Waals surface area contributed by atoms with E-state index in [9.17, 15) is 4.39 Å². The van der Waals surface area contributed by atoms with Gasteiger partial charge in [0.1, 0.15) is 18.2 Å². The van der Waals surface area contributed by atoms with E-state index < -0.39 is 0 Å². The van der Waals surface area contributed by atoms with E-state index in [1.807, 2.05) is 36.4 Å². The average Bonchev–Trinajstić information content (AvgIpc) is 2.50. The van der Waals surface area contributed by atoms with Gasteiger partial charge >= 0.3 is 0 Å². The molecular weight excluding hydrogens is 355 g/mol. The predicted molar refractivity (Wildman–Crippen MR) is 87.4 cm³/mol. The molecule has 21 heavy (non-hydrogen) atoms. The molecule has 1 nitrogen and oxygen atoms in total. The number of fused-ring (bicyclic) bond motifs is 1. The van der Waals surface area contributed by atoms with Crippen LogP contribution in [-0.4, -0.2) is 0 Å². The zero-order chi connectivity index (χ0) is 14.8. The Labute approximate surface area is 135 Å². The third-order valence-electron chi connectivity index (χ3n) is 3.21. The van der Waals surface area contributed by atoms with E-state index in [0.29, 0.717) is 16.1 Å². The van der Waals surface area contributed by atoms with Crippen LogP contribution >= 0.6 is 27.5 Å². The normalized spacial score (nSPS) is 10.8. The predicted octanol–water partition coefficient (Wildman–Crippen LogP) is 5.97. The van der Waals surface area contributed by atoms with Crippen LogP contribution in [0.4, 0.5) is 4.39 Å². The van der Waals surface area contributed by atoms with Gasteiger partial charge in [-0.1, -0.05) is 41.9 Å². The molecule has 106 valence electrons. The van der Waals surface area contributed by atoms with Gasteiger partial charge in [0.15, 0.2) is 0 Å². The van der Waals surface area contributed by atoms with E-state index >= 15 is 0 Å². The lowest BCUT2D eigenvalue weighted by atomic mass is 10.1. The van der Waals surface area contributed by atoms with Crippen molar-refractivity contribution in [3.8, 4) is 5.75 Å². The minimum atomic E-state index is -0.282. The lowest BCUT2D eigenvalue weighted by Gasteiger charge is -2.11. The van der Waals surface area contributed by atoms with Gasteiger partial charge < -0.3 is 4.74 Å². The molecule has 0 radical (unpaired) electrons. The molecule has 0 fully saturated rings. The van der Waals surface area contributed by atoms with E-state index in [2.05, 4.69) is 15.9 Å². The molecule has 0 aliphatic rings. The molecular formula is C17H11BrClFO. The molecule has 0 saturated heterocycles. The Morgan fingerprint density at radius 2 is 1.76 bits per heavy atom. The van der Waals surface area contributed by atoms with E-state index in [0.717, 1.165) is 22.1 Å². The van der Waals surface area contributed by atoms with Crippen molar-refractivity contribution < 1.29 is 9.13 Å². The Balaban J connectivity index is 1.88. The fourth-order valence-electron chi connectivity index (χ4n) is 2.15. The van der Waals surface area contributed by atoms with Crippen molar-refractivity contribution in [2.24, 2.45) is 0 Å². The highest BCUT2D eigenvalue weighted by atomic mass is 79.9. The third kappa shape index (κ3) is 3.04. The van der Waals surface area contributed by atoms with Crippen LogP contribution in [0.3, 0.4) is 0 Å². The lowest BCUT2D eigenvalue weighted by molar-refractivity contribution is 0.310. The third-order valence-corrected chi connectivity index (χ3v) is 4.15. The summed E-state index contributed by atoms with van der Waals surface area (Å²) in [6.45, 7) is 0.366. The molecule has 0 amide bonds. The molecule has 0 unspecified atom stereocenters. The molecule has 0 atom stereocenters. The summed E-state index contributed by atoms with van der Waals surface area (Å²) in [5.41, 5.74) is 0.891. The van der Waals surface area contributed by atoms with Crippen LogP contribution in [0.5, 0.6) is 5.75 Å². The molecule has 0 aliphatic carbocycles. The van der Waals surface area contributed by atoms with Crippen LogP contribution < -0.4 is 4.74 Å². The molecule has 0 saturated carbocycles. The number of benzene rings is 3. The first-order valence-corrected chi connectivity index (χ1v) is 7.56. The molecule has 0 N–H and O–H groups in total. The fourth-order valence-corrected chi connectivity index (χ4v) is 2.81. The van der Waals surface area contributed by atoms with Gasteiger partial charge in [-0.2, -0.15) is 0 Å². The topological polar surface area (TPSA) is 9.23 Å². The summed E-state index contributed by atoms with van der Waals surface area (Å²) in [6.07, 6.45) is 0. The number of hydrogen-bond donors (Lipinski definition) is 0. The summed E-state index contributed by atoms with van der Waals surface area (Å²) in [4.78, 5) is 0. The van der Waals surface area contributed by atoms with Crippen LogP contribution in [0.25, 0.3) is 10.8 Å². The Hall–Kier alpha value is -1.58. The molecule has 3 aromatic rings. The van der Waals surface area contributed by atoms with Crippen molar-refractivity contribution in [3.05, 3.63) is 75.5 Å². The van der Waals surface area contributed by atoms with Gasteiger partial charge in [-0.3, -0.25) is 0 Å². The van der Waals surface area contributed by atoms with Gasteiger partial charge in [-0.15, -0.1) is 0 Å². The van der Waals surface area contributed by atoms with Crippen molar-refractivity contribution in [1.29, 1.82) is 0 Å². The fraction of sp³-hybridized carbons (Fsp3) is 0.0588.